The molecule has 0 saturated heterocycles. The van der Waals surface area contributed by atoms with Crippen LogP contribution in [0.2, 0.25) is 5.02 Å². The van der Waals surface area contributed by atoms with Crippen molar-refractivity contribution in [3.63, 3.8) is 0 Å². The lowest BCUT2D eigenvalue weighted by Gasteiger charge is -2.07. The molecule has 2 aromatic rings. The Labute approximate surface area is 114 Å². The summed E-state index contributed by atoms with van der Waals surface area (Å²) in [6.45, 7) is 0.242. The molecule has 6 heteroatoms. The standard InChI is InChI=1S/C13H10ClFN2O2/c14-11-6-5-10(7-13(11)17(18)19)16-8-9-3-1-2-4-12(9)15/h1-7,16H,8H2. The fourth-order valence-electron chi connectivity index (χ4n) is 1.60. The molecule has 98 valence electrons. The summed E-state index contributed by atoms with van der Waals surface area (Å²) < 4.78 is 13.4. The quantitative estimate of drug-likeness (QED) is 0.680. The van der Waals surface area contributed by atoms with Crippen LogP contribution in [0.15, 0.2) is 42.5 Å². The molecule has 0 spiro atoms. The van der Waals surface area contributed by atoms with Gasteiger partial charge in [0.1, 0.15) is 10.8 Å². The van der Waals surface area contributed by atoms with Gasteiger partial charge in [-0.25, -0.2) is 4.39 Å². The van der Waals surface area contributed by atoms with Crippen molar-refractivity contribution in [1.82, 2.24) is 0 Å². The second-order valence-electron chi connectivity index (χ2n) is 3.87. The average molecular weight is 281 g/mol. The van der Waals surface area contributed by atoms with Gasteiger partial charge in [-0.05, 0) is 18.2 Å². The summed E-state index contributed by atoms with van der Waals surface area (Å²) in [5.41, 5.74) is 0.819. The zero-order valence-corrected chi connectivity index (χ0v) is 10.5. The molecule has 0 amide bonds. The number of anilines is 1. The third kappa shape index (κ3) is 3.20. The normalized spacial score (nSPS) is 10.2. The highest BCUT2D eigenvalue weighted by Gasteiger charge is 2.12. The van der Waals surface area contributed by atoms with Crippen molar-refractivity contribution in [3.05, 3.63) is 69.0 Å². The number of nitrogens with zero attached hydrogens (tertiary/aromatic N) is 1. The fourth-order valence-corrected chi connectivity index (χ4v) is 1.79. The van der Waals surface area contributed by atoms with Crippen molar-refractivity contribution < 1.29 is 9.31 Å². The van der Waals surface area contributed by atoms with E-state index in [-0.39, 0.29) is 23.1 Å². The van der Waals surface area contributed by atoms with Crippen molar-refractivity contribution >= 4 is 23.0 Å². The van der Waals surface area contributed by atoms with Crippen LogP contribution in [0.3, 0.4) is 0 Å². The van der Waals surface area contributed by atoms with Crippen LogP contribution in [0.5, 0.6) is 0 Å². The van der Waals surface area contributed by atoms with Gasteiger partial charge in [0.15, 0.2) is 0 Å². The third-order valence-corrected chi connectivity index (χ3v) is 2.90. The first-order valence-electron chi connectivity index (χ1n) is 5.49. The zero-order chi connectivity index (χ0) is 13.8. The number of nitro benzene ring substituents is 1. The molecule has 0 fully saturated rings. The lowest BCUT2D eigenvalue weighted by atomic mass is 10.2. The maximum Gasteiger partial charge on any atom is 0.289 e. The van der Waals surface area contributed by atoms with Crippen LogP contribution in [0, 0.1) is 15.9 Å². The Morgan fingerprint density at radius 1 is 1.26 bits per heavy atom. The summed E-state index contributed by atoms with van der Waals surface area (Å²) in [4.78, 5) is 10.2. The van der Waals surface area contributed by atoms with Gasteiger partial charge < -0.3 is 5.32 Å². The number of nitro groups is 1. The monoisotopic (exact) mass is 280 g/mol. The van der Waals surface area contributed by atoms with E-state index in [4.69, 9.17) is 11.6 Å². The minimum Gasteiger partial charge on any atom is -0.381 e. The van der Waals surface area contributed by atoms with Crippen LogP contribution in [-0.2, 0) is 6.54 Å². The first-order chi connectivity index (χ1) is 9.08. The summed E-state index contributed by atoms with van der Waals surface area (Å²) in [5.74, 6) is -0.321. The van der Waals surface area contributed by atoms with E-state index >= 15 is 0 Å². The number of halogens is 2. The summed E-state index contributed by atoms with van der Waals surface area (Å²) in [6, 6.07) is 10.7. The molecule has 0 aliphatic rings. The summed E-state index contributed by atoms with van der Waals surface area (Å²) in [5, 5.41) is 13.7. The molecule has 0 atom stereocenters. The average Bonchev–Trinajstić information content (AvgIpc) is 2.39. The zero-order valence-electron chi connectivity index (χ0n) is 9.77. The maximum atomic E-state index is 13.4. The second kappa shape index (κ2) is 5.67. The van der Waals surface area contributed by atoms with E-state index in [0.717, 1.165) is 0 Å². The van der Waals surface area contributed by atoms with E-state index in [2.05, 4.69) is 5.32 Å². The van der Waals surface area contributed by atoms with E-state index < -0.39 is 4.92 Å². The molecule has 0 aliphatic carbocycles. The summed E-state index contributed by atoms with van der Waals surface area (Å²) >= 11 is 5.70. The van der Waals surface area contributed by atoms with Crippen molar-refractivity contribution in [2.45, 2.75) is 6.54 Å². The van der Waals surface area contributed by atoms with E-state index in [1.165, 1.54) is 18.2 Å². The first kappa shape index (κ1) is 13.3. The van der Waals surface area contributed by atoms with Crippen molar-refractivity contribution in [2.24, 2.45) is 0 Å². The molecule has 2 rings (SSSR count). The van der Waals surface area contributed by atoms with Gasteiger partial charge in [-0.3, -0.25) is 10.1 Å². The van der Waals surface area contributed by atoms with Gasteiger partial charge in [0.2, 0.25) is 0 Å². The highest BCUT2D eigenvalue weighted by molar-refractivity contribution is 6.32. The molecule has 0 aliphatic heterocycles. The lowest BCUT2D eigenvalue weighted by molar-refractivity contribution is -0.384. The van der Waals surface area contributed by atoms with Gasteiger partial charge in [0.05, 0.1) is 4.92 Å². The molecule has 1 N–H and O–H groups in total. The molecule has 0 saturated carbocycles. The van der Waals surface area contributed by atoms with Crippen LogP contribution < -0.4 is 5.32 Å². The van der Waals surface area contributed by atoms with Crippen molar-refractivity contribution in [3.8, 4) is 0 Å². The van der Waals surface area contributed by atoms with Crippen LogP contribution >= 0.6 is 11.6 Å². The molecule has 0 heterocycles. The van der Waals surface area contributed by atoms with Gasteiger partial charge in [0.25, 0.3) is 5.69 Å². The maximum absolute atomic E-state index is 13.4. The smallest absolute Gasteiger partial charge is 0.289 e. The van der Waals surface area contributed by atoms with E-state index in [0.29, 0.717) is 11.3 Å². The number of hydrogen-bond donors (Lipinski definition) is 1. The topological polar surface area (TPSA) is 55.2 Å². The minimum atomic E-state index is -0.559. The van der Waals surface area contributed by atoms with Gasteiger partial charge in [0, 0.05) is 23.9 Å². The Morgan fingerprint density at radius 2 is 2.00 bits per heavy atom. The largest absolute Gasteiger partial charge is 0.381 e. The molecular weight excluding hydrogens is 271 g/mol. The SMILES string of the molecule is O=[N+]([O-])c1cc(NCc2ccccc2F)ccc1Cl. The highest BCUT2D eigenvalue weighted by Crippen LogP contribution is 2.27. The summed E-state index contributed by atoms with van der Waals surface area (Å²) in [6.07, 6.45) is 0. The molecule has 0 radical (unpaired) electrons. The Kier molecular flexibility index (Phi) is 3.97. The predicted octanol–water partition coefficient (Wildman–Crippen LogP) is 4.00. The van der Waals surface area contributed by atoms with Crippen LogP contribution in [0.4, 0.5) is 15.8 Å². The Hall–Kier alpha value is -2.14. The van der Waals surface area contributed by atoms with Crippen molar-refractivity contribution in [2.75, 3.05) is 5.32 Å². The van der Waals surface area contributed by atoms with Crippen LogP contribution in [-0.4, -0.2) is 4.92 Å². The first-order valence-corrected chi connectivity index (χ1v) is 5.87. The molecule has 0 aromatic heterocycles. The Balaban J connectivity index is 2.14. The minimum absolute atomic E-state index is 0.0708. The number of hydrogen-bond acceptors (Lipinski definition) is 3. The van der Waals surface area contributed by atoms with Gasteiger partial charge in [-0.1, -0.05) is 29.8 Å². The Bertz CT molecular complexity index is 619. The van der Waals surface area contributed by atoms with Crippen LogP contribution in [0.1, 0.15) is 5.56 Å². The Morgan fingerprint density at radius 3 is 2.68 bits per heavy atom. The van der Waals surface area contributed by atoms with E-state index in [1.54, 1.807) is 24.3 Å². The molecule has 2 aromatic carbocycles. The van der Waals surface area contributed by atoms with Gasteiger partial charge in [-0.2, -0.15) is 0 Å². The van der Waals surface area contributed by atoms with Crippen LogP contribution in [0.25, 0.3) is 0 Å². The highest BCUT2D eigenvalue weighted by atomic mass is 35.5. The van der Waals surface area contributed by atoms with Gasteiger partial charge in [-0.15, -0.1) is 0 Å². The van der Waals surface area contributed by atoms with E-state index in [1.807, 2.05) is 0 Å². The number of benzene rings is 2. The van der Waals surface area contributed by atoms with Crippen molar-refractivity contribution in [1.29, 1.82) is 0 Å². The third-order valence-electron chi connectivity index (χ3n) is 2.58. The predicted molar refractivity (Wildman–Crippen MR) is 71.8 cm³/mol. The number of rotatable bonds is 4. The second-order valence-corrected chi connectivity index (χ2v) is 4.28. The molecule has 0 unspecified atom stereocenters. The van der Waals surface area contributed by atoms with E-state index in [9.17, 15) is 14.5 Å². The fraction of sp³-hybridized carbons (Fsp3) is 0.0769. The summed E-state index contributed by atoms with van der Waals surface area (Å²) in [7, 11) is 0. The van der Waals surface area contributed by atoms with Gasteiger partial charge >= 0.3 is 0 Å². The lowest BCUT2D eigenvalue weighted by Crippen LogP contribution is -2.02. The molecule has 4 nitrogen and oxygen atoms in total. The number of nitrogens with one attached hydrogen (secondary N) is 1. The molecule has 19 heavy (non-hydrogen) atoms. The molecule has 0 bridgehead atoms. The molecular formula is C13H10ClFN2O2.